The Kier molecular flexibility index (Phi) is 7.30. The van der Waals surface area contributed by atoms with Gasteiger partial charge in [0.2, 0.25) is 5.91 Å². The van der Waals surface area contributed by atoms with Crippen LogP contribution in [0.3, 0.4) is 0 Å². The third-order valence-electron chi connectivity index (χ3n) is 5.42. The number of carbonyl (C=O) groups excluding carboxylic acids is 1. The molecule has 1 amide bonds. The molecule has 3 rings (SSSR count). The summed E-state index contributed by atoms with van der Waals surface area (Å²) in [7, 11) is 0. The number of benzene rings is 3. The van der Waals surface area contributed by atoms with Gasteiger partial charge in [-0.05, 0) is 60.3 Å². The van der Waals surface area contributed by atoms with Gasteiger partial charge in [0.05, 0.1) is 5.56 Å². The van der Waals surface area contributed by atoms with E-state index in [9.17, 15) is 22.4 Å². The van der Waals surface area contributed by atoms with Gasteiger partial charge in [0.25, 0.3) is 0 Å². The van der Waals surface area contributed by atoms with Crippen LogP contribution in [0, 0.1) is 12.7 Å². The fourth-order valence-corrected chi connectivity index (χ4v) is 3.72. The number of halogens is 4. The summed E-state index contributed by atoms with van der Waals surface area (Å²) in [5, 5.41) is 3.14. The number of nitrogens with one attached hydrogen (secondary N) is 1. The predicted molar refractivity (Wildman–Crippen MR) is 115 cm³/mol. The van der Waals surface area contributed by atoms with Gasteiger partial charge in [-0.15, -0.1) is 0 Å². The number of alkyl halides is 3. The van der Waals surface area contributed by atoms with Gasteiger partial charge in [-0.2, -0.15) is 13.2 Å². The normalized spacial score (nSPS) is 13.5. The summed E-state index contributed by atoms with van der Waals surface area (Å²) in [5.74, 6) is -1.18. The largest absolute Gasteiger partial charge is 0.416 e. The topological polar surface area (TPSA) is 55.1 Å². The highest BCUT2D eigenvalue weighted by atomic mass is 19.4. The van der Waals surface area contributed by atoms with E-state index >= 15 is 0 Å². The molecule has 0 unspecified atom stereocenters. The molecular formula is C25H24F4N2O. The SMILES string of the molecule is Cc1cc([C@@H](CCN[C@@H](C(N)=O)c2ccccc2)c2ccc(C(F)(F)F)cc2)ccc1F. The number of rotatable bonds is 8. The molecule has 7 heteroatoms. The predicted octanol–water partition coefficient (Wildman–Crippen LogP) is 5.49. The zero-order chi connectivity index (χ0) is 23.3. The molecular weight excluding hydrogens is 420 g/mol. The van der Waals surface area contributed by atoms with Crippen LogP contribution in [0.1, 0.15) is 46.2 Å². The quantitative estimate of drug-likeness (QED) is 0.452. The molecule has 168 valence electrons. The number of primary amides is 1. The highest BCUT2D eigenvalue weighted by molar-refractivity contribution is 5.81. The van der Waals surface area contributed by atoms with Crippen molar-refractivity contribution >= 4 is 5.91 Å². The van der Waals surface area contributed by atoms with Crippen molar-refractivity contribution in [1.82, 2.24) is 5.32 Å². The van der Waals surface area contributed by atoms with Crippen molar-refractivity contribution in [1.29, 1.82) is 0 Å². The van der Waals surface area contributed by atoms with E-state index in [1.165, 1.54) is 18.2 Å². The fourth-order valence-electron chi connectivity index (χ4n) is 3.72. The Bertz CT molecular complexity index is 1050. The number of nitrogens with two attached hydrogens (primary N) is 1. The van der Waals surface area contributed by atoms with E-state index in [0.29, 0.717) is 24.1 Å². The molecule has 3 N–H and O–H groups in total. The maximum Gasteiger partial charge on any atom is 0.416 e. The lowest BCUT2D eigenvalue weighted by molar-refractivity contribution is -0.137. The lowest BCUT2D eigenvalue weighted by Gasteiger charge is -2.22. The minimum absolute atomic E-state index is 0.298. The van der Waals surface area contributed by atoms with Gasteiger partial charge in [-0.25, -0.2) is 4.39 Å². The Labute approximate surface area is 184 Å². The molecule has 0 radical (unpaired) electrons. The van der Waals surface area contributed by atoms with Crippen molar-refractivity contribution in [3.05, 3.63) is 106 Å². The molecule has 2 atom stereocenters. The Balaban J connectivity index is 1.84. The molecule has 0 aliphatic carbocycles. The Morgan fingerprint density at radius 1 is 0.938 bits per heavy atom. The second-order valence-corrected chi connectivity index (χ2v) is 7.67. The standard InChI is InChI=1S/C25H24F4N2O/c1-16-15-19(9-12-22(16)26)21(17-7-10-20(11-8-17)25(27,28)29)13-14-31-23(24(30)32)18-5-3-2-4-6-18/h2-12,15,21,23,31H,13-14H2,1H3,(H2,30,32)/t21-,23+/m0/s1. The van der Waals surface area contributed by atoms with E-state index in [1.54, 1.807) is 43.3 Å². The van der Waals surface area contributed by atoms with Crippen molar-refractivity contribution in [2.45, 2.75) is 31.5 Å². The molecule has 0 aliphatic heterocycles. The van der Waals surface area contributed by atoms with Gasteiger partial charge in [-0.3, -0.25) is 4.79 Å². The van der Waals surface area contributed by atoms with Gasteiger partial charge in [-0.1, -0.05) is 54.6 Å². The van der Waals surface area contributed by atoms with Crippen LogP contribution < -0.4 is 11.1 Å². The van der Waals surface area contributed by atoms with E-state index in [4.69, 9.17) is 5.73 Å². The van der Waals surface area contributed by atoms with Crippen molar-refractivity contribution in [3.63, 3.8) is 0 Å². The maximum absolute atomic E-state index is 13.8. The third kappa shape index (κ3) is 5.73. The number of aryl methyl sites for hydroxylation is 1. The second-order valence-electron chi connectivity index (χ2n) is 7.67. The molecule has 3 aromatic carbocycles. The van der Waals surface area contributed by atoms with Crippen LogP contribution in [0.4, 0.5) is 17.6 Å². The minimum atomic E-state index is -4.42. The van der Waals surface area contributed by atoms with Gasteiger partial charge >= 0.3 is 6.18 Å². The first-order valence-corrected chi connectivity index (χ1v) is 10.2. The van der Waals surface area contributed by atoms with Crippen LogP contribution in [0.25, 0.3) is 0 Å². The number of hydrogen-bond donors (Lipinski definition) is 2. The van der Waals surface area contributed by atoms with Crippen molar-refractivity contribution in [2.24, 2.45) is 5.73 Å². The Hall–Kier alpha value is -3.19. The summed E-state index contributed by atoms with van der Waals surface area (Å²) >= 11 is 0. The number of hydrogen-bond acceptors (Lipinski definition) is 2. The molecule has 0 aromatic heterocycles. The molecule has 0 saturated heterocycles. The molecule has 0 aliphatic rings. The smallest absolute Gasteiger partial charge is 0.368 e. The monoisotopic (exact) mass is 444 g/mol. The van der Waals surface area contributed by atoms with Crippen molar-refractivity contribution < 1.29 is 22.4 Å². The summed E-state index contributed by atoms with van der Waals surface area (Å²) < 4.78 is 52.7. The highest BCUT2D eigenvalue weighted by Crippen LogP contribution is 2.33. The highest BCUT2D eigenvalue weighted by Gasteiger charge is 2.30. The zero-order valence-electron chi connectivity index (χ0n) is 17.5. The molecule has 3 nitrogen and oxygen atoms in total. The first-order chi connectivity index (χ1) is 15.2. The number of amides is 1. The van der Waals surface area contributed by atoms with Gasteiger partial charge in [0, 0.05) is 5.92 Å². The summed E-state index contributed by atoms with van der Waals surface area (Å²) in [6.45, 7) is 2.00. The summed E-state index contributed by atoms with van der Waals surface area (Å²) in [4.78, 5) is 11.9. The molecule has 0 saturated carbocycles. The lowest BCUT2D eigenvalue weighted by atomic mass is 9.87. The fraction of sp³-hybridized carbons (Fsp3) is 0.240. The van der Waals surface area contributed by atoms with Crippen molar-refractivity contribution in [3.8, 4) is 0 Å². The average molecular weight is 444 g/mol. The number of carbonyl (C=O) groups is 1. The molecule has 32 heavy (non-hydrogen) atoms. The molecule has 3 aromatic rings. The van der Waals surface area contributed by atoms with Gasteiger partial charge in [0.1, 0.15) is 11.9 Å². The lowest BCUT2D eigenvalue weighted by Crippen LogP contribution is -2.34. The molecule has 0 bridgehead atoms. The first-order valence-electron chi connectivity index (χ1n) is 10.2. The van der Waals surface area contributed by atoms with E-state index in [1.807, 2.05) is 6.07 Å². The van der Waals surface area contributed by atoms with Crippen LogP contribution in [0.2, 0.25) is 0 Å². The van der Waals surface area contributed by atoms with Gasteiger partial charge in [0.15, 0.2) is 0 Å². The first kappa shape index (κ1) is 23.5. The maximum atomic E-state index is 13.8. The van der Waals surface area contributed by atoms with Crippen LogP contribution in [0.5, 0.6) is 0 Å². The summed E-state index contributed by atoms with van der Waals surface area (Å²) in [6.07, 6.45) is -3.96. The summed E-state index contributed by atoms with van der Waals surface area (Å²) in [6, 6.07) is 18.0. The Morgan fingerprint density at radius 3 is 2.12 bits per heavy atom. The van der Waals surface area contributed by atoms with Crippen LogP contribution in [-0.2, 0) is 11.0 Å². The van der Waals surface area contributed by atoms with Crippen molar-refractivity contribution in [2.75, 3.05) is 6.54 Å². The van der Waals surface area contributed by atoms with E-state index < -0.39 is 23.7 Å². The van der Waals surface area contributed by atoms with E-state index in [0.717, 1.165) is 23.3 Å². The molecule has 0 heterocycles. The van der Waals surface area contributed by atoms with Crippen LogP contribution in [-0.4, -0.2) is 12.5 Å². The van der Waals surface area contributed by atoms with Crippen LogP contribution >= 0.6 is 0 Å². The van der Waals surface area contributed by atoms with Crippen LogP contribution in [0.15, 0.2) is 72.8 Å². The zero-order valence-corrected chi connectivity index (χ0v) is 17.5. The van der Waals surface area contributed by atoms with E-state index in [-0.39, 0.29) is 11.7 Å². The van der Waals surface area contributed by atoms with Gasteiger partial charge < -0.3 is 11.1 Å². The molecule has 0 fully saturated rings. The average Bonchev–Trinajstić information content (AvgIpc) is 2.76. The third-order valence-corrected chi connectivity index (χ3v) is 5.42. The molecule has 0 spiro atoms. The minimum Gasteiger partial charge on any atom is -0.368 e. The summed E-state index contributed by atoms with van der Waals surface area (Å²) in [5.41, 5.74) is 7.44. The van der Waals surface area contributed by atoms with E-state index in [2.05, 4.69) is 5.32 Å². The second kappa shape index (κ2) is 9.96. The Morgan fingerprint density at radius 2 is 1.56 bits per heavy atom.